The zero-order chi connectivity index (χ0) is 28.7. The van der Waals surface area contributed by atoms with Gasteiger partial charge in [-0.3, -0.25) is 9.59 Å². The SMILES string of the molecule is COc1nc([C@H](C)NC(=O)c2cc(OC(F)(F)F)cc(S(C)(=O)=O)c2)n(-c2ncc(C(=O)N(C)C3CC3)s2)n1. The molecule has 1 aliphatic rings. The fraction of sp³-hybridized carbons (Fsp3) is 0.409. The van der Waals surface area contributed by atoms with Crippen LogP contribution in [0.15, 0.2) is 29.3 Å². The molecule has 1 atom stereocenters. The molecule has 0 bridgehead atoms. The zero-order valence-electron chi connectivity index (χ0n) is 21.0. The second kappa shape index (κ2) is 10.4. The molecule has 2 heterocycles. The Morgan fingerprint density at radius 3 is 2.54 bits per heavy atom. The second-order valence-corrected chi connectivity index (χ2v) is 11.8. The van der Waals surface area contributed by atoms with E-state index in [1.54, 1.807) is 11.9 Å². The van der Waals surface area contributed by atoms with Crippen molar-refractivity contribution >= 4 is 33.0 Å². The van der Waals surface area contributed by atoms with Gasteiger partial charge in [0.05, 0.1) is 24.2 Å². The minimum Gasteiger partial charge on any atom is -0.466 e. The highest BCUT2D eigenvalue weighted by Crippen LogP contribution is 2.30. The Morgan fingerprint density at radius 2 is 1.95 bits per heavy atom. The summed E-state index contributed by atoms with van der Waals surface area (Å²) in [5, 5.41) is 7.01. The molecule has 0 spiro atoms. The first-order valence-electron chi connectivity index (χ1n) is 11.3. The molecule has 2 amide bonds. The van der Waals surface area contributed by atoms with Crippen molar-refractivity contribution < 1.29 is 40.7 Å². The first kappa shape index (κ1) is 28.3. The van der Waals surface area contributed by atoms with E-state index in [-0.39, 0.29) is 28.9 Å². The smallest absolute Gasteiger partial charge is 0.466 e. The number of ether oxygens (including phenoxy) is 2. The Bertz CT molecular complexity index is 1520. The summed E-state index contributed by atoms with van der Waals surface area (Å²) in [6, 6.07) is 1.59. The Labute approximate surface area is 224 Å². The summed E-state index contributed by atoms with van der Waals surface area (Å²) in [6.45, 7) is 1.52. The Balaban J connectivity index is 1.61. The third-order valence-electron chi connectivity index (χ3n) is 5.63. The predicted molar refractivity (Wildman–Crippen MR) is 131 cm³/mol. The summed E-state index contributed by atoms with van der Waals surface area (Å²) in [4.78, 5) is 35.7. The van der Waals surface area contributed by atoms with E-state index in [1.165, 1.54) is 24.9 Å². The van der Waals surface area contributed by atoms with Crippen molar-refractivity contribution in [3.63, 3.8) is 0 Å². The van der Waals surface area contributed by atoms with Crippen LogP contribution in [0.5, 0.6) is 11.8 Å². The molecule has 210 valence electrons. The van der Waals surface area contributed by atoms with Gasteiger partial charge in [-0.1, -0.05) is 11.3 Å². The normalized spacial score (nSPS) is 14.5. The Kier molecular flexibility index (Phi) is 7.57. The topological polar surface area (TPSA) is 146 Å². The lowest BCUT2D eigenvalue weighted by molar-refractivity contribution is -0.274. The molecular formula is C22H23F3N6O6S2. The molecule has 17 heteroatoms. The minimum atomic E-state index is -5.11. The van der Waals surface area contributed by atoms with Crippen LogP contribution in [-0.4, -0.2) is 77.7 Å². The van der Waals surface area contributed by atoms with Gasteiger partial charge < -0.3 is 19.7 Å². The molecule has 4 rings (SSSR count). The molecule has 1 fully saturated rings. The van der Waals surface area contributed by atoms with Crippen molar-refractivity contribution in [2.45, 2.75) is 43.1 Å². The summed E-state index contributed by atoms with van der Waals surface area (Å²) in [5.41, 5.74) is -0.396. The van der Waals surface area contributed by atoms with Gasteiger partial charge in [-0.2, -0.15) is 9.67 Å². The summed E-state index contributed by atoms with van der Waals surface area (Å²) in [6.07, 6.45) is -1.04. The molecule has 12 nitrogen and oxygen atoms in total. The van der Waals surface area contributed by atoms with Crippen LogP contribution in [0.25, 0.3) is 5.13 Å². The number of sulfone groups is 1. The average Bonchev–Trinajstić information content (AvgIpc) is 3.41. The lowest BCUT2D eigenvalue weighted by atomic mass is 10.2. The molecule has 0 unspecified atom stereocenters. The maximum absolute atomic E-state index is 13.0. The molecule has 1 N–H and O–H groups in total. The molecule has 3 aromatic rings. The highest BCUT2D eigenvalue weighted by atomic mass is 32.2. The number of hydrogen-bond acceptors (Lipinski definition) is 10. The quantitative estimate of drug-likeness (QED) is 0.399. The number of carbonyl (C=O) groups is 2. The minimum absolute atomic E-state index is 0.0655. The van der Waals surface area contributed by atoms with E-state index >= 15 is 0 Å². The molecule has 0 radical (unpaired) electrons. The number of rotatable bonds is 9. The summed E-state index contributed by atoms with van der Waals surface area (Å²) >= 11 is 1.05. The van der Waals surface area contributed by atoms with Crippen molar-refractivity contribution in [3.8, 4) is 16.9 Å². The van der Waals surface area contributed by atoms with Gasteiger partial charge in [0, 0.05) is 24.9 Å². The van der Waals surface area contributed by atoms with Crippen LogP contribution in [0.3, 0.4) is 0 Å². The van der Waals surface area contributed by atoms with Crippen LogP contribution in [0.2, 0.25) is 0 Å². The number of benzene rings is 1. The van der Waals surface area contributed by atoms with Crippen LogP contribution in [0, 0.1) is 0 Å². The Hall–Kier alpha value is -3.73. The van der Waals surface area contributed by atoms with Crippen LogP contribution >= 0.6 is 11.3 Å². The van der Waals surface area contributed by atoms with Crippen LogP contribution in [0.4, 0.5) is 13.2 Å². The maximum atomic E-state index is 13.0. The summed E-state index contributed by atoms with van der Waals surface area (Å²) < 4.78 is 72.6. The number of aromatic nitrogens is 4. The van der Waals surface area contributed by atoms with Crippen LogP contribution < -0.4 is 14.8 Å². The number of nitrogens with one attached hydrogen (secondary N) is 1. The van der Waals surface area contributed by atoms with Gasteiger partial charge in [0.2, 0.25) is 5.13 Å². The van der Waals surface area contributed by atoms with Crippen molar-refractivity contribution in [2.75, 3.05) is 20.4 Å². The monoisotopic (exact) mass is 588 g/mol. The van der Waals surface area contributed by atoms with Crippen molar-refractivity contribution in [3.05, 3.63) is 40.7 Å². The molecule has 39 heavy (non-hydrogen) atoms. The van der Waals surface area contributed by atoms with E-state index in [1.807, 2.05) is 0 Å². The highest BCUT2D eigenvalue weighted by molar-refractivity contribution is 7.90. The van der Waals surface area contributed by atoms with E-state index in [0.717, 1.165) is 42.6 Å². The number of halogens is 3. The zero-order valence-corrected chi connectivity index (χ0v) is 22.6. The fourth-order valence-electron chi connectivity index (χ4n) is 3.53. The first-order valence-corrected chi connectivity index (χ1v) is 14.0. The van der Waals surface area contributed by atoms with E-state index in [0.29, 0.717) is 10.9 Å². The number of amides is 2. The third-order valence-corrected chi connectivity index (χ3v) is 7.69. The lowest BCUT2D eigenvalue weighted by Gasteiger charge is -2.15. The van der Waals surface area contributed by atoms with E-state index in [2.05, 4.69) is 25.1 Å². The Morgan fingerprint density at radius 1 is 1.26 bits per heavy atom. The molecule has 2 aromatic heterocycles. The summed E-state index contributed by atoms with van der Waals surface area (Å²) in [5.74, 6) is -1.84. The molecule has 0 aliphatic heterocycles. The summed E-state index contributed by atoms with van der Waals surface area (Å²) in [7, 11) is -0.942. The largest absolute Gasteiger partial charge is 0.573 e. The average molecular weight is 589 g/mol. The third kappa shape index (κ3) is 6.65. The first-order chi connectivity index (χ1) is 18.2. The molecule has 1 saturated carbocycles. The van der Waals surface area contributed by atoms with Crippen molar-refractivity contribution in [1.29, 1.82) is 0 Å². The standard InChI is InChI=1S/C22H23F3N6O6S2/c1-11(27-18(32)12-7-14(37-22(23,24)25)9-15(8-12)39(4,34)35)17-28-20(36-3)29-31(17)21-26-10-16(38-21)19(33)30(2)13-5-6-13/h7-11,13H,5-6H2,1-4H3,(H,27,32)/t11-/m0/s1. The number of carbonyl (C=O) groups excluding carboxylic acids is 2. The van der Waals surface area contributed by atoms with Gasteiger partial charge in [-0.25, -0.2) is 13.4 Å². The second-order valence-electron chi connectivity index (χ2n) is 8.73. The number of hydrogen-bond donors (Lipinski definition) is 1. The van der Waals surface area contributed by atoms with Gasteiger partial charge in [0.15, 0.2) is 15.7 Å². The molecule has 1 aliphatic carbocycles. The van der Waals surface area contributed by atoms with Crippen LogP contribution in [-0.2, 0) is 9.84 Å². The van der Waals surface area contributed by atoms with Crippen molar-refractivity contribution in [1.82, 2.24) is 30.0 Å². The lowest BCUT2D eigenvalue weighted by Crippen LogP contribution is -2.29. The maximum Gasteiger partial charge on any atom is 0.573 e. The van der Waals surface area contributed by atoms with Crippen LogP contribution in [0.1, 0.15) is 51.7 Å². The fourth-order valence-corrected chi connectivity index (χ4v) is 5.06. The van der Waals surface area contributed by atoms with Gasteiger partial charge >= 0.3 is 12.4 Å². The van der Waals surface area contributed by atoms with Gasteiger partial charge in [-0.15, -0.1) is 18.3 Å². The van der Waals surface area contributed by atoms with Crippen molar-refractivity contribution in [2.24, 2.45) is 0 Å². The van der Waals surface area contributed by atoms with Gasteiger partial charge in [0.1, 0.15) is 10.6 Å². The molecule has 0 saturated heterocycles. The molecule has 1 aromatic carbocycles. The number of nitrogens with zero attached hydrogens (tertiary/aromatic N) is 5. The van der Waals surface area contributed by atoms with E-state index < -0.39 is 44.4 Å². The van der Waals surface area contributed by atoms with E-state index in [4.69, 9.17) is 4.74 Å². The van der Waals surface area contributed by atoms with Gasteiger partial charge in [0.25, 0.3) is 11.8 Å². The van der Waals surface area contributed by atoms with E-state index in [9.17, 15) is 31.2 Å². The number of methoxy groups -OCH3 is 1. The molecular weight excluding hydrogens is 565 g/mol. The predicted octanol–water partition coefficient (Wildman–Crippen LogP) is 2.76. The van der Waals surface area contributed by atoms with Gasteiger partial charge in [-0.05, 0) is 38.0 Å². The number of thiazole rings is 1. The highest BCUT2D eigenvalue weighted by Gasteiger charge is 2.33. The number of alkyl halides is 3.